The molecule has 0 saturated heterocycles. The third-order valence-corrected chi connectivity index (χ3v) is 7.08. The normalized spacial score (nSPS) is 12.4. The summed E-state index contributed by atoms with van der Waals surface area (Å²) in [6.45, 7) is 11.0. The molecule has 0 aromatic heterocycles. The van der Waals surface area contributed by atoms with Gasteiger partial charge in [0, 0.05) is 0 Å². The van der Waals surface area contributed by atoms with E-state index in [-0.39, 0.29) is 21.8 Å². The minimum absolute atomic E-state index is 0.00189. The van der Waals surface area contributed by atoms with Gasteiger partial charge in [-0.05, 0) is 56.4 Å². The van der Waals surface area contributed by atoms with Gasteiger partial charge in [0.1, 0.15) is 22.4 Å². The molecule has 0 radical (unpaired) electrons. The topological polar surface area (TPSA) is 113 Å². The van der Waals surface area contributed by atoms with Crippen LogP contribution in [0.2, 0.25) is 0 Å². The number of methoxy groups -OCH3 is 1. The van der Waals surface area contributed by atoms with E-state index in [2.05, 4.69) is 16.0 Å². The number of benzene rings is 2. The highest BCUT2D eigenvalue weighted by Gasteiger charge is 2.31. The Morgan fingerprint density at radius 1 is 1.21 bits per heavy atom. The van der Waals surface area contributed by atoms with Crippen LogP contribution in [0.3, 0.4) is 0 Å². The number of allylic oxidation sites excluding steroid dienone is 1. The Bertz CT molecular complexity index is 1150. The van der Waals surface area contributed by atoms with Crippen LogP contribution in [0, 0.1) is 6.92 Å². The molecule has 33 heavy (non-hydrogen) atoms. The van der Waals surface area contributed by atoms with Gasteiger partial charge >= 0.3 is 5.97 Å². The molecule has 8 heteroatoms. The molecule has 0 aliphatic carbocycles. The van der Waals surface area contributed by atoms with E-state index in [9.17, 15) is 23.4 Å². The second kappa shape index (κ2) is 10.9. The monoisotopic (exact) mass is 475 g/mol. The quantitative estimate of drug-likeness (QED) is 0.340. The van der Waals surface area contributed by atoms with Crippen LogP contribution in [-0.4, -0.2) is 37.8 Å². The van der Waals surface area contributed by atoms with Gasteiger partial charge in [-0.2, -0.15) is 4.72 Å². The van der Waals surface area contributed by atoms with Crippen LogP contribution in [0.5, 0.6) is 11.5 Å². The number of phenols is 2. The van der Waals surface area contributed by atoms with Gasteiger partial charge in [-0.3, -0.25) is 4.79 Å². The van der Waals surface area contributed by atoms with Crippen molar-refractivity contribution in [2.24, 2.45) is 0 Å². The number of carbonyl (C=O) groups is 1. The summed E-state index contributed by atoms with van der Waals surface area (Å²) in [5.74, 6) is -1.56. The summed E-state index contributed by atoms with van der Waals surface area (Å²) in [5, 5.41) is 22.2. The van der Waals surface area contributed by atoms with Crippen molar-refractivity contribution in [1.29, 1.82) is 0 Å². The molecule has 0 fully saturated rings. The van der Waals surface area contributed by atoms with E-state index in [0.29, 0.717) is 29.5 Å². The largest absolute Gasteiger partial charge is 0.507 e. The maximum Gasteiger partial charge on any atom is 0.323 e. The Morgan fingerprint density at radius 2 is 1.88 bits per heavy atom. The van der Waals surface area contributed by atoms with Crippen molar-refractivity contribution < 1.29 is 28.2 Å². The summed E-state index contributed by atoms with van der Waals surface area (Å²) >= 11 is 0. The maximum absolute atomic E-state index is 13.3. The zero-order chi connectivity index (χ0) is 24.9. The van der Waals surface area contributed by atoms with Gasteiger partial charge < -0.3 is 14.9 Å². The Kier molecular flexibility index (Phi) is 8.69. The molecule has 0 aliphatic heterocycles. The van der Waals surface area contributed by atoms with Crippen LogP contribution in [0.1, 0.15) is 56.7 Å². The van der Waals surface area contributed by atoms with E-state index in [1.54, 1.807) is 13.0 Å². The highest BCUT2D eigenvalue weighted by atomic mass is 32.2. The molecule has 0 saturated carbocycles. The van der Waals surface area contributed by atoms with Crippen LogP contribution in [-0.2, 0) is 26.0 Å². The smallest absolute Gasteiger partial charge is 0.323 e. The third kappa shape index (κ3) is 5.94. The van der Waals surface area contributed by atoms with Gasteiger partial charge in [-0.25, -0.2) is 8.42 Å². The molecule has 1 unspecified atom stereocenters. The number of ether oxygens (including phenoxy) is 1. The summed E-state index contributed by atoms with van der Waals surface area (Å²) in [7, 11) is -3.17. The average Bonchev–Trinajstić information content (AvgIpc) is 2.72. The predicted octanol–water partition coefficient (Wildman–Crippen LogP) is 4.68. The molecule has 1 atom stereocenters. The van der Waals surface area contributed by atoms with E-state index in [1.807, 2.05) is 26.0 Å². The number of sulfonamides is 1. The molecule has 0 heterocycles. The van der Waals surface area contributed by atoms with Gasteiger partial charge in [0.05, 0.1) is 12.7 Å². The molecule has 0 spiro atoms. The third-order valence-electron chi connectivity index (χ3n) is 5.42. The number of unbranched alkanes of at least 4 members (excludes halogenated alkanes) is 2. The van der Waals surface area contributed by atoms with Crippen molar-refractivity contribution in [2.45, 2.75) is 64.3 Å². The Labute approximate surface area is 196 Å². The van der Waals surface area contributed by atoms with E-state index in [4.69, 9.17) is 0 Å². The first-order valence-electron chi connectivity index (χ1n) is 10.9. The Balaban J connectivity index is 2.81. The lowest BCUT2D eigenvalue weighted by Gasteiger charge is -2.20. The van der Waals surface area contributed by atoms with Crippen molar-refractivity contribution in [3.8, 4) is 22.6 Å². The van der Waals surface area contributed by atoms with Gasteiger partial charge in [-0.1, -0.05) is 55.7 Å². The number of carbonyl (C=O) groups excluding carboxylic acids is 1. The van der Waals surface area contributed by atoms with Crippen LogP contribution in [0.4, 0.5) is 0 Å². The van der Waals surface area contributed by atoms with Crippen molar-refractivity contribution >= 4 is 21.6 Å². The Morgan fingerprint density at radius 3 is 2.45 bits per heavy atom. The number of aromatic hydroxyl groups is 2. The first kappa shape index (κ1) is 26.4. The second-order valence-electron chi connectivity index (χ2n) is 8.26. The first-order chi connectivity index (χ1) is 15.4. The molecule has 180 valence electrons. The highest BCUT2D eigenvalue weighted by Crippen LogP contribution is 2.46. The van der Waals surface area contributed by atoms with Gasteiger partial charge in [0.15, 0.2) is 0 Å². The maximum atomic E-state index is 13.3. The average molecular weight is 476 g/mol. The van der Waals surface area contributed by atoms with Crippen molar-refractivity contribution in [1.82, 2.24) is 4.72 Å². The number of phenolic OH excluding ortho intramolecular Hbond substituents is 2. The predicted molar refractivity (Wildman–Crippen MR) is 130 cm³/mol. The fraction of sp³-hybridized carbons (Fsp3) is 0.400. The summed E-state index contributed by atoms with van der Waals surface area (Å²) in [5.41, 5.74) is 2.97. The highest BCUT2D eigenvalue weighted by molar-refractivity contribution is 7.89. The SMILES string of the molecule is C=C(C)c1ccc(C)cc1-c1c(O)cc(CCCCC)c(S(=O)(=O)NC(C)C(=O)OC)c1O. The molecule has 0 bridgehead atoms. The molecule has 0 aliphatic rings. The minimum Gasteiger partial charge on any atom is -0.507 e. The van der Waals surface area contributed by atoms with E-state index < -0.39 is 27.8 Å². The molecule has 3 N–H and O–H groups in total. The van der Waals surface area contributed by atoms with Gasteiger partial charge in [0.2, 0.25) is 10.0 Å². The molecular formula is C25H33NO6S. The second-order valence-corrected chi connectivity index (χ2v) is 9.91. The van der Waals surface area contributed by atoms with Crippen LogP contribution in [0.15, 0.2) is 35.7 Å². The molecule has 7 nitrogen and oxygen atoms in total. The van der Waals surface area contributed by atoms with Crippen LogP contribution >= 0.6 is 0 Å². The zero-order valence-corrected chi connectivity index (χ0v) is 20.7. The number of rotatable bonds is 10. The zero-order valence-electron chi connectivity index (χ0n) is 19.9. The lowest BCUT2D eigenvalue weighted by molar-refractivity contribution is -0.142. The molecule has 2 rings (SSSR count). The first-order valence-corrected chi connectivity index (χ1v) is 12.4. The van der Waals surface area contributed by atoms with E-state index >= 15 is 0 Å². The van der Waals surface area contributed by atoms with Crippen molar-refractivity contribution in [3.05, 3.63) is 47.5 Å². The lowest BCUT2D eigenvalue weighted by atomic mass is 9.91. The molecule has 0 amide bonds. The minimum atomic E-state index is -4.34. The van der Waals surface area contributed by atoms with Crippen molar-refractivity contribution in [2.75, 3.05) is 7.11 Å². The molecule has 2 aromatic carbocycles. The fourth-order valence-electron chi connectivity index (χ4n) is 3.76. The van der Waals surface area contributed by atoms with E-state index in [0.717, 1.165) is 25.5 Å². The van der Waals surface area contributed by atoms with Crippen molar-refractivity contribution in [3.63, 3.8) is 0 Å². The number of hydrogen-bond donors (Lipinski definition) is 3. The lowest BCUT2D eigenvalue weighted by Crippen LogP contribution is -2.39. The number of aryl methyl sites for hydroxylation is 2. The number of esters is 1. The van der Waals surface area contributed by atoms with Crippen LogP contribution < -0.4 is 4.72 Å². The summed E-state index contributed by atoms with van der Waals surface area (Å²) in [6.07, 6.45) is 2.78. The van der Waals surface area contributed by atoms with Gasteiger partial charge in [0.25, 0.3) is 0 Å². The summed E-state index contributed by atoms with van der Waals surface area (Å²) in [6, 6.07) is 5.67. The van der Waals surface area contributed by atoms with Crippen LogP contribution in [0.25, 0.3) is 16.7 Å². The van der Waals surface area contributed by atoms with E-state index in [1.165, 1.54) is 13.0 Å². The standard InChI is InChI=1S/C25H33NO6S/c1-7-8-9-10-18-14-21(27)22(20-13-16(4)11-12-19(20)15(2)3)23(28)24(18)33(30,31)26-17(5)25(29)32-6/h11-14,17,26-28H,2,7-10H2,1,3-6H3. The molecular weight excluding hydrogens is 442 g/mol. The summed E-state index contributed by atoms with van der Waals surface area (Å²) in [4.78, 5) is 11.5. The van der Waals surface area contributed by atoms with Gasteiger partial charge in [-0.15, -0.1) is 0 Å². The fourth-order valence-corrected chi connectivity index (χ4v) is 5.30. The number of nitrogens with one attached hydrogen (secondary N) is 1. The summed E-state index contributed by atoms with van der Waals surface area (Å²) < 4.78 is 33.6. The Hall–Kier alpha value is -2.84. The number of hydrogen-bond acceptors (Lipinski definition) is 6. The molecule has 2 aromatic rings.